The Balaban J connectivity index is 1.55. The van der Waals surface area contributed by atoms with Crippen LogP contribution in [-0.2, 0) is 11.3 Å². The first-order valence-corrected chi connectivity index (χ1v) is 10.6. The van der Waals surface area contributed by atoms with Crippen LogP contribution in [0.5, 0.6) is 5.75 Å². The molecule has 0 N–H and O–H groups in total. The molecule has 1 aliphatic rings. The lowest BCUT2D eigenvalue weighted by atomic mass is 10.1. The summed E-state index contributed by atoms with van der Waals surface area (Å²) in [5.74, 6) is 1.80. The normalized spacial score (nSPS) is 16.3. The number of carbonyl (C=O) groups excluding carboxylic acids is 1. The van der Waals surface area contributed by atoms with Crippen LogP contribution in [0.2, 0.25) is 0 Å². The molecular weight excluding hydrogens is 386 g/mol. The second kappa shape index (κ2) is 7.91. The summed E-state index contributed by atoms with van der Waals surface area (Å²) in [4.78, 5) is 19.8. The topological polar surface area (TPSA) is 47.4 Å². The standard InChI is InChI=1S/C26H25N3O2/c1-18-9-3-4-10-19(18)16-29-22-12-6-5-11-21(22)27-26(29)20-15-25(30)28(17-20)23-13-7-8-14-24(23)31-2/h3-14,20H,15-17H2,1-2H3/t20-/m1/s1. The van der Waals surface area contributed by atoms with Crippen LogP contribution < -0.4 is 9.64 Å². The van der Waals surface area contributed by atoms with Gasteiger partial charge < -0.3 is 14.2 Å². The number of aromatic nitrogens is 2. The van der Waals surface area contributed by atoms with Crippen molar-refractivity contribution < 1.29 is 9.53 Å². The van der Waals surface area contributed by atoms with Crippen molar-refractivity contribution in [2.24, 2.45) is 0 Å². The summed E-state index contributed by atoms with van der Waals surface area (Å²) in [6.45, 7) is 3.47. The molecule has 3 aromatic carbocycles. The minimum absolute atomic E-state index is 0.0221. The van der Waals surface area contributed by atoms with Gasteiger partial charge >= 0.3 is 0 Å². The highest BCUT2D eigenvalue weighted by molar-refractivity contribution is 5.97. The molecule has 1 aliphatic heterocycles. The summed E-state index contributed by atoms with van der Waals surface area (Å²) < 4.78 is 7.78. The van der Waals surface area contributed by atoms with E-state index in [2.05, 4.69) is 41.8 Å². The molecule has 0 aliphatic carbocycles. The molecular formula is C26H25N3O2. The van der Waals surface area contributed by atoms with Crippen LogP contribution in [0, 0.1) is 6.92 Å². The minimum atomic E-state index is 0.0221. The fourth-order valence-electron chi connectivity index (χ4n) is 4.50. The van der Waals surface area contributed by atoms with E-state index in [-0.39, 0.29) is 11.8 Å². The van der Waals surface area contributed by atoms with Gasteiger partial charge in [0.1, 0.15) is 11.6 Å². The van der Waals surface area contributed by atoms with Gasteiger partial charge in [0.15, 0.2) is 0 Å². The van der Waals surface area contributed by atoms with Gasteiger partial charge in [0.25, 0.3) is 0 Å². The van der Waals surface area contributed by atoms with Crippen LogP contribution in [0.3, 0.4) is 0 Å². The highest BCUT2D eigenvalue weighted by Crippen LogP contribution is 2.37. The highest BCUT2D eigenvalue weighted by atomic mass is 16.5. The molecule has 31 heavy (non-hydrogen) atoms. The zero-order valence-corrected chi connectivity index (χ0v) is 17.8. The molecule has 0 bridgehead atoms. The van der Waals surface area contributed by atoms with Crippen molar-refractivity contribution in [3.8, 4) is 5.75 Å². The van der Waals surface area contributed by atoms with Gasteiger partial charge in [-0.1, -0.05) is 48.5 Å². The molecule has 5 nitrogen and oxygen atoms in total. The molecule has 1 saturated heterocycles. The Kier molecular flexibility index (Phi) is 4.94. The number of para-hydroxylation sites is 4. The smallest absolute Gasteiger partial charge is 0.227 e. The Morgan fingerprint density at radius 1 is 1.00 bits per heavy atom. The zero-order chi connectivity index (χ0) is 21.4. The van der Waals surface area contributed by atoms with Crippen LogP contribution in [0.15, 0.2) is 72.8 Å². The van der Waals surface area contributed by atoms with Gasteiger partial charge in [-0.2, -0.15) is 0 Å². The van der Waals surface area contributed by atoms with E-state index in [0.29, 0.717) is 18.7 Å². The molecule has 0 spiro atoms. The highest BCUT2D eigenvalue weighted by Gasteiger charge is 2.36. The first-order valence-electron chi connectivity index (χ1n) is 10.6. The van der Waals surface area contributed by atoms with Crippen molar-refractivity contribution in [3.63, 3.8) is 0 Å². The van der Waals surface area contributed by atoms with Gasteiger partial charge in [-0.15, -0.1) is 0 Å². The van der Waals surface area contributed by atoms with E-state index in [1.165, 1.54) is 11.1 Å². The number of carbonyl (C=O) groups is 1. The first-order chi connectivity index (χ1) is 15.2. The van der Waals surface area contributed by atoms with Crippen LogP contribution in [0.1, 0.15) is 29.3 Å². The molecule has 0 unspecified atom stereocenters. The molecule has 5 rings (SSSR count). The number of anilines is 1. The lowest BCUT2D eigenvalue weighted by Crippen LogP contribution is -2.25. The third-order valence-electron chi connectivity index (χ3n) is 6.14. The van der Waals surface area contributed by atoms with Crippen molar-refractivity contribution in [1.82, 2.24) is 9.55 Å². The van der Waals surface area contributed by atoms with Crippen molar-refractivity contribution in [2.75, 3.05) is 18.6 Å². The Morgan fingerprint density at radius 2 is 1.74 bits per heavy atom. The number of aryl methyl sites for hydroxylation is 1. The molecule has 1 atom stereocenters. The third-order valence-corrected chi connectivity index (χ3v) is 6.14. The summed E-state index contributed by atoms with van der Waals surface area (Å²) >= 11 is 0. The largest absolute Gasteiger partial charge is 0.495 e. The van der Waals surface area contributed by atoms with Crippen molar-refractivity contribution in [3.05, 3.63) is 89.7 Å². The summed E-state index contributed by atoms with van der Waals surface area (Å²) in [6.07, 6.45) is 0.440. The van der Waals surface area contributed by atoms with Crippen LogP contribution >= 0.6 is 0 Å². The van der Waals surface area contributed by atoms with E-state index in [1.54, 1.807) is 7.11 Å². The van der Waals surface area contributed by atoms with Gasteiger partial charge in [0.2, 0.25) is 5.91 Å². The number of hydrogen-bond donors (Lipinski definition) is 0. The molecule has 0 saturated carbocycles. The molecule has 0 radical (unpaired) electrons. The molecule has 1 amide bonds. The van der Waals surface area contributed by atoms with Gasteiger partial charge in [0.05, 0.1) is 23.8 Å². The predicted octanol–water partition coefficient (Wildman–Crippen LogP) is 4.92. The van der Waals surface area contributed by atoms with Crippen LogP contribution in [0.4, 0.5) is 5.69 Å². The maximum absolute atomic E-state index is 13.0. The van der Waals surface area contributed by atoms with Gasteiger partial charge in [-0.3, -0.25) is 4.79 Å². The molecule has 156 valence electrons. The molecule has 2 heterocycles. The number of nitrogens with zero attached hydrogens (tertiary/aromatic N) is 3. The average molecular weight is 412 g/mol. The van der Waals surface area contributed by atoms with Gasteiger partial charge in [0, 0.05) is 25.4 Å². The fourth-order valence-corrected chi connectivity index (χ4v) is 4.50. The van der Waals surface area contributed by atoms with E-state index in [9.17, 15) is 4.79 Å². The van der Waals surface area contributed by atoms with E-state index in [1.807, 2.05) is 47.4 Å². The minimum Gasteiger partial charge on any atom is -0.495 e. The Morgan fingerprint density at radius 3 is 2.58 bits per heavy atom. The van der Waals surface area contributed by atoms with E-state index >= 15 is 0 Å². The maximum atomic E-state index is 13.0. The van der Waals surface area contributed by atoms with E-state index in [0.717, 1.165) is 29.1 Å². The number of hydrogen-bond acceptors (Lipinski definition) is 3. The number of amides is 1. The Labute approximate surface area is 181 Å². The lowest BCUT2D eigenvalue weighted by Gasteiger charge is -2.20. The quantitative estimate of drug-likeness (QED) is 0.468. The van der Waals surface area contributed by atoms with Gasteiger partial charge in [-0.05, 0) is 42.3 Å². The summed E-state index contributed by atoms with van der Waals surface area (Å²) in [7, 11) is 1.64. The average Bonchev–Trinajstić information content (AvgIpc) is 3.36. The maximum Gasteiger partial charge on any atom is 0.227 e. The number of rotatable bonds is 5. The summed E-state index contributed by atoms with van der Waals surface area (Å²) in [5.41, 5.74) is 5.40. The summed E-state index contributed by atoms with van der Waals surface area (Å²) in [5, 5.41) is 0. The number of ether oxygens (including phenoxy) is 1. The molecule has 5 heteroatoms. The number of benzene rings is 3. The second-order valence-corrected chi connectivity index (χ2v) is 8.05. The van der Waals surface area contributed by atoms with Crippen molar-refractivity contribution in [1.29, 1.82) is 0 Å². The second-order valence-electron chi connectivity index (χ2n) is 8.05. The number of methoxy groups -OCH3 is 1. The van der Waals surface area contributed by atoms with E-state index in [4.69, 9.17) is 9.72 Å². The van der Waals surface area contributed by atoms with Crippen molar-refractivity contribution in [2.45, 2.75) is 25.8 Å². The number of imidazole rings is 1. The van der Waals surface area contributed by atoms with Crippen LogP contribution in [-0.4, -0.2) is 29.1 Å². The first kappa shape index (κ1) is 19.4. The summed E-state index contributed by atoms with van der Waals surface area (Å²) in [6, 6.07) is 24.3. The van der Waals surface area contributed by atoms with Crippen molar-refractivity contribution >= 4 is 22.6 Å². The zero-order valence-electron chi connectivity index (χ0n) is 17.8. The third kappa shape index (κ3) is 3.46. The molecule has 4 aromatic rings. The fraction of sp³-hybridized carbons (Fsp3) is 0.231. The number of fused-ring (bicyclic) bond motifs is 1. The SMILES string of the molecule is COc1ccccc1N1C[C@H](c2nc3ccccc3n2Cc2ccccc2C)CC1=O. The lowest BCUT2D eigenvalue weighted by molar-refractivity contribution is -0.117. The van der Waals surface area contributed by atoms with E-state index < -0.39 is 0 Å². The predicted molar refractivity (Wildman–Crippen MR) is 123 cm³/mol. The Bertz CT molecular complexity index is 1260. The molecule has 1 fully saturated rings. The Hall–Kier alpha value is -3.60. The molecule has 1 aromatic heterocycles. The van der Waals surface area contributed by atoms with Crippen LogP contribution in [0.25, 0.3) is 11.0 Å². The van der Waals surface area contributed by atoms with Gasteiger partial charge in [-0.25, -0.2) is 4.98 Å². The monoisotopic (exact) mass is 411 g/mol.